The van der Waals surface area contributed by atoms with E-state index in [2.05, 4.69) is 26.1 Å². The molecule has 0 bridgehead atoms. The van der Waals surface area contributed by atoms with Crippen molar-refractivity contribution in [2.45, 2.75) is 65.2 Å². The van der Waals surface area contributed by atoms with Crippen LogP contribution in [-0.4, -0.2) is 18.3 Å². The highest BCUT2D eigenvalue weighted by Crippen LogP contribution is 2.22. The third kappa shape index (κ3) is 8.73. The van der Waals surface area contributed by atoms with E-state index in [1.54, 1.807) is 0 Å². The molecule has 4 heteroatoms. The van der Waals surface area contributed by atoms with Crippen molar-refractivity contribution in [2.24, 2.45) is 5.92 Å². The van der Waals surface area contributed by atoms with Crippen LogP contribution in [0, 0.1) is 5.92 Å². The van der Waals surface area contributed by atoms with Crippen LogP contribution in [-0.2, 0) is 0 Å². The zero-order valence-corrected chi connectivity index (χ0v) is 9.99. The number of rotatable bonds is 6. The lowest BCUT2D eigenvalue weighted by Crippen LogP contribution is -2.37. The lowest BCUT2D eigenvalue weighted by molar-refractivity contribution is -0.135. The Morgan fingerprint density at radius 1 is 1.07 bits per heavy atom. The van der Waals surface area contributed by atoms with Gasteiger partial charge < -0.3 is 5.32 Å². The van der Waals surface area contributed by atoms with Gasteiger partial charge in [0.05, 0.1) is 0 Å². The van der Waals surface area contributed by atoms with Crippen LogP contribution >= 0.6 is 0 Å². The highest BCUT2D eigenvalue weighted by atomic mass is 19.4. The summed E-state index contributed by atoms with van der Waals surface area (Å²) in [5, 5.41) is 3.30. The second kappa shape index (κ2) is 6.36. The molecule has 1 nitrogen and oxygen atoms in total. The van der Waals surface area contributed by atoms with Crippen molar-refractivity contribution in [3.05, 3.63) is 0 Å². The Morgan fingerprint density at radius 3 is 2.00 bits per heavy atom. The van der Waals surface area contributed by atoms with Gasteiger partial charge in [0.15, 0.2) is 0 Å². The van der Waals surface area contributed by atoms with Crippen LogP contribution in [0.1, 0.15) is 47.0 Å². The highest BCUT2D eigenvalue weighted by Gasteiger charge is 2.26. The second-order valence-corrected chi connectivity index (χ2v) is 4.61. The summed E-state index contributed by atoms with van der Waals surface area (Å²) in [6, 6.07) is 0.510. The first-order valence-corrected chi connectivity index (χ1v) is 5.55. The van der Waals surface area contributed by atoms with E-state index in [0.29, 0.717) is 18.4 Å². The first kappa shape index (κ1) is 14.8. The molecule has 0 aliphatic rings. The van der Waals surface area contributed by atoms with E-state index in [0.717, 1.165) is 0 Å². The summed E-state index contributed by atoms with van der Waals surface area (Å²) in [5.41, 5.74) is 0. The Balaban J connectivity index is 3.62. The predicted octanol–water partition coefficient (Wildman–Crippen LogP) is 3.74. The SMILES string of the molecule is CC(CCCC(F)(F)F)NC(C)C(C)C. The molecule has 0 heterocycles. The van der Waals surface area contributed by atoms with Crippen molar-refractivity contribution >= 4 is 0 Å². The van der Waals surface area contributed by atoms with Crippen molar-refractivity contribution < 1.29 is 13.2 Å². The Bertz CT molecular complexity index is 166. The molecular formula is C11H22F3N. The summed E-state index contributed by atoms with van der Waals surface area (Å²) in [7, 11) is 0. The summed E-state index contributed by atoms with van der Waals surface area (Å²) >= 11 is 0. The van der Waals surface area contributed by atoms with E-state index in [9.17, 15) is 13.2 Å². The third-order valence-corrected chi connectivity index (χ3v) is 2.64. The normalized spacial score (nSPS) is 16.8. The van der Waals surface area contributed by atoms with Gasteiger partial charge in [-0.1, -0.05) is 13.8 Å². The Morgan fingerprint density at radius 2 is 1.60 bits per heavy atom. The van der Waals surface area contributed by atoms with Crippen LogP contribution in [0.25, 0.3) is 0 Å². The van der Waals surface area contributed by atoms with E-state index in [1.165, 1.54) is 0 Å². The maximum atomic E-state index is 11.9. The monoisotopic (exact) mass is 225 g/mol. The van der Waals surface area contributed by atoms with Crippen molar-refractivity contribution in [3.63, 3.8) is 0 Å². The summed E-state index contributed by atoms with van der Waals surface area (Å²) in [6.45, 7) is 8.19. The highest BCUT2D eigenvalue weighted by molar-refractivity contribution is 4.70. The lowest BCUT2D eigenvalue weighted by atomic mass is 10.0. The van der Waals surface area contributed by atoms with Gasteiger partial charge in [-0.25, -0.2) is 0 Å². The molecule has 0 aliphatic heterocycles. The van der Waals surface area contributed by atoms with Crippen LogP contribution in [0.2, 0.25) is 0 Å². The largest absolute Gasteiger partial charge is 0.389 e. The third-order valence-electron chi connectivity index (χ3n) is 2.64. The van der Waals surface area contributed by atoms with Gasteiger partial charge in [0.1, 0.15) is 0 Å². The molecule has 0 amide bonds. The predicted molar refractivity (Wildman–Crippen MR) is 56.8 cm³/mol. The minimum absolute atomic E-state index is 0.157. The first-order valence-electron chi connectivity index (χ1n) is 5.55. The van der Waals surface area contributed by atoms with Crippen molar-refractivity contribution in [3.8, 4) is 0 Å². The summed E-state index contributed by atoms with van der Waals surface area (Å²) in [4.78, 5) is 0. The number of nitrogens with one attached hydrogen (secondary N) is 1. The van der Waals surface area contributed by atoms with Crippen molar-refractivity contribution in [2.75, 3.05) is 0 Å². The molecule has 0 radical (unpaired) electrons. The topological polar surface area (TPSA) is 12.0 Å². The molecule has 1 N–H and O–H groups in total. The van der Waals surface area contributed by atoms with Gasteiger partial charge in [0, 0.05) is 18.5 Å². The molecule has 0 saturated heterocycles. The van der Waals surface area contributed by atoms with Gasteiger partial charge in [-0.05, 0) is 32.6 Å². The fourth-order valence-electron chi connectivity index (χ4n) is 1.33. The van der Waals surface area contributed by atoms with Gasteiger partial charge in [-0.3, -0.25) is 0 Å². The van der Waals surface area contributed by atoms with Crippen LogP contribution in [0.15, 0.2) is 0 Å². The molecule has 0 saturated carbocycles. The van der Waals surface area contributed by atoms with E-state index in [4.69, 9.17) is 0 Å². The molecule has 0 spiro atoms. The smallest absolute Gasteiger partial charge is 0.312 e. The zero-order valence-electron chi connectivity index (χ0n) is 9.99. The van der Waals surface area contributed by atoms with Gasteiger partial charge in [0.2, 0.25) is 0 Å². The fourth-order valence-corrected chi connectivity index (χ4v) is 1.33. The number of hydrogen-bond acceptors (Lipinski definition) is 1. The molecule has 0 aromatic rings. The number of hydrogen-bond donors (Lipinski definition) is 1. The standard InChI is InChI=1S/C11H22F3N/c1-8(2)10(4)15-9(3)6-5-7-11(12,13)14/h8-10,15H,5-7H2,1-4H3. The molecular weight excluding hydrogens is 203 g/mol. The van der Waals surface area contributed by atoms with Gasteiger partial charge in [-0.15, -0.1) is 0 Å². The summed E-state index contributed by atoms with van der Waals surface area (Å²) in [6.07, 6.45) is -3.89. The molecule has 0 fully saturated rings. The Kier molecular flexibility index (Phi) is 6.25. The number of alkyl halides is 3. The van der Waals surface area contributed by atoms with E-state index in [-0.39, 0.29) is 12.5 Å². The van der Waals surface area contributed by atoms with E-state index in [1.807, 2.05) is 6.92 Å². The van der Waals surface area contributed by atoms with Crippen LogP contribution < -0.4 is 5.32 Å². The van der Waals surface area contributed by atoms with Crippen LogP contribution in [0.4, 0.5) is 13.2 Å². The molecule has 0 aromatic carbocycles. The molecule has 15 heavy (non-hydrogen) atoms. The molecule has 0 aromatic heterocycles. The van der Waals surface area contributed by atoms with Crippen LogP contribution in [0.5, 0.6) is 0 Å². The second-order valence-electron chi connectivity index (χ2n) is 4.61. The zero-order chi connectivity index (χ0) is 12.1. The Labute approximate surface area is 90.4 Å². The quantitative estimate of drug-likeness (QED) is 0.726. The molecule has 0 rings (SSSR count). The average molecular weight is 225 g/mol. The maximum Gasteiger partial charge on any atom is 0.389 e. The summed E-state index contributed by atoms with van der Waals surface area (Å²) < 4.78 is 35.6. The minimum Gasteiger partial charge on any atom is -0.312 e. The first-order chi connectivity index (χ1) is 6.72. The molecule has 0 aliphatic carbocycles. The van der Waals surface area contributed by atoms with E-state index >= 15 is 0 Å². The maximum absolute atomic E-state index is 11.9. The Hall–Kier alpha value is -0.250. The lowest BCUT2D eigenvalue weighted by Gasteiger charge is -2.23. The molecule has 2 unspecified atom stereocenters. The minimum atomic E-state index is -4.01. The number of halogens is 3. The summed E-state index contributed by atoms with van der Waals surface area (Å²) in [5.74, 6) is 0.509. The van der Waals surface area contributed by atoms with E-state index < -0.39 is 12.6 Å². The molecule has 92 valence electrons. The average Bonchev–Trinajstić information content (AvgIpc) is 2.01. The van der Waals surface area contributed by atoms with Gasteiger partial charge >= 0.3 is 6.18 Å². The van der Waals surface area contributed by atoms with Crippen molar-refractivity contribution in [1.29, 1.82) is 0 Å². The van der Waals surface area contributed by atoms with Gasteiger partial charge in [0.25, 0.3) is 0 Å². The van der Waals surface area contributed by atoms with Crippen molar-refractivity contribution in [1.82, 2.24) is 5.32 Å². The van der Waals surface area contributed by atoms with Gasteiger partial charge in [-0.2, -0.15) is 13.2 Å². The van der Waals surface area contributed by atoms with Crippen LogP contribution in [0.3, 0.4) is 0 Å². The molecule has 2 atom stereocenters. The fraction of sp³-hybridized carbons (Fsp3) is 1.00.